The van der Waals surface area contributed by atoms with Crippen LogP contribution in [0.1, 0.15) is 32.6 Å². The summed E-state index contributed by atoms with van der Waals surface area (Å²) in [5.41, 5.74) is 0. The van der Waals surface area contributed by atoms with E-state index in [1.807, 2.05) is 0 Å². The van der Waals surface area contributed by atoms with Crippen molar-refractivity contribution >= 4 is 0 Å². The van der Waals surface area contributed by atoms with Gasteiger partial charge in [0, 0.05) is 6.61 Å². The van der Waals surface area contributed by atoms with Gasteiger partial charge in [0.1, 0.15) is 0 Å². The first-order valence-electron chi connectivity index (χ1n) is 3.57. The standard InChI is InChI=1S/C7H15O2/c1-2-3-4-5-6-9-7-8/h2-7H2,1H3. The summed E-state index contributed by atoms with van der Waals surface area (Å²) < 4.78 is 4.62. The molecule has 1 radical (unpaired) electrons. The lowest BCUT2D eigenvalue weighted by molar-refractivity contribution is -0.0446. The lowest BCUT2D eigenvalue weighted by Gasteiger charge is -1.96. The Balaban J connectivity index is 2.60. The minimum atomic E-state index is -0.383. The van der Waals surface area contributed by atoms with Crippen LogP contribution in [-0.2, 0) is 9.84 Å². The SMILES string of the molecule is CCCCCCOC[O]. The van der Waals surface area contributed by atoms with Crippen molar-refractivity contribution in [3.8, 4) is 0 Å². The van der Waals surface area contributed by atoms with Gasteiger partial charge in [0.25, 0.3) is 0 Å². The Morgan fingerprint density at radius 2 is 2.00 bits per heavy atom. The van der Waals surface area contributed by atoms with Crippen LogP contribution < -0.4 is 0 Å². The molecule has 0 unspecified atom stereocenters. The third kappa shape index (κ3) is 7.92. The summed E-state index contributed by atoms with van der Waals surface area (Å²) in [5, 5.41) is 9.74. The van der Waals surface area contributed by atoms with E-state index in [4.69, 9.17) is 0 Å². The van der Waals surface area contributed by atoms with E-state index in [2.05, 4.69) is 11.7 Å². The second-order valence-corrected chi connectivity index (χ2v) is 2.09. The fraction of sp³-hybridized carbons (Fsp3) is 1.00. The van der Waals surface area contributed by atoms with E-state index in [9.17, 15) is 5.11 Å². The molecule has 0 atom stereocenters. The molecule has 2 heteroatoms. The van der Waals surface area contributed by atoms with Crippen LogP contribution in [0.4, 0.5) is 0 Å². The second kappa shape index (κ2) is 7.92. The van der Waals surface area contributed by atoms with Crippen LogP contribution in [0.2, 0.25) is 0 Å². The third-order valence-corrected chi connectivity index (χ3v) is 1.23. The van der Waals surface area contributed by atoms with Crippen LogP contribution in [0.5, 0.6) is 0 Å². The van der Waals surface area contributed by atoms with Crippen molar-refractivity contribution in [3.63, 3.8) is 0 Å². The van der Waals surface area contributed by atoms with Gasteiger partial charge >= 0.3 is 0 Å². The molecule has 0 aliphatic rings. The molecule has 9 heavy (non-hydrogen) atoms. The minimum Gasteiger partial charge on any atom is -0.352 e. The van der Waals surface area contributed by atoms with Gasteiger partial charge in [0.2, 0.25) is 0 Å². The summed E-state index contributed by atoms with van der Waals surface area (Å²) in [6.07, 6.45) is 4.71. The average molecular weight is 131 g/mol. The molecule has 0 aliphatic heterocycles. The second-order valence-electron chi connectivity index (χ2n) is 2.09. The van der Waals surface area contributed by atoms with Gasteiger partial charge in [-0.1, -0.05) is 26.2 Å². The zero-order valence-electron chi connectivity index (χ0n) is 6.06. The highest BCUT2D eigenvalue weighted by Gasteiger charge is 1.86. The fourth-order valence-electron chi connectivity index (χ4n) is 0.690. The minimum absolute atomic E-state index is 0.383. The predicted molar refractivity (Wildman–Crippen MR) is 35.6 cm³/mol. The molecule has 0 aromatic rings. The highest BCUT2D eigenvalue weighted by Crippen LogP contribution is 1.97. The number of unbranched alkanes of at least 4 members (excludes halogenated alkanes) is 3. The zero-order chi connectivity index (χ0) is 6.95. The molecule has 0 aliphatic carbocycles. The summed E-state index contributed by atoms with van der Waals surface area (Å²) in [7, 11) is 0. The lowest BCUT2D eigenvalue weighted by atomic mass is 10.2. The van der Waals surface area contributed by atoms with Crippen molar-refractivity contribution in [1.29, 1.82) is 0 Å². The van der Waals surface area contributed by atoms with E-state index < -0.39 is 0 Å². The molecule has 0 N–H and O–H groups in total. The Morgan fingerprint density at radius 3 is 2.56 bits per heavy atom. The van der Waals surface area contributed by atoms with Crippen molar-refractivity contribution < 1.29 is 9.84 Å². The molecule has 0 aromatic carbocycles. The van der Waals surface area contributed by atoms with Gasteiger partial charge in [-0.15, -0.1) is 0 Å². The topological polar surface area (TPSA) is 29.1 Å². The van der Waals surface area contributed by atoms with E-state index in [1.54, 1.807) is 0 Å². The Hall–Kier alpha value is -0.0800. The van der Waals surface area contributed by atoms with E-state index >= 15 is 0 Å². The molecule has 0 aromatic heterocycles. The Morgan fingerprint density at radius 1 is 1.22 bits per heavy atom. The molecule has 0 amide bonds. The number of hydrogen-bond donors (Lipinski definition) is 0. The van der Waals surface area contributed by atoms with Gasteiger partial charge in [0.05, 0.1) is 0 Å². The van der Waals surface area contributed by atoms with E-state index in [1.165, 1.54) is 19.3 Å². The Labute approximate surface area is 56.8 Å². The third-order valence-electron chi connectivity index (χ3n) is 1.23. The maximum atomic E-state index is 9.74. The van der Waals surface area contributed by atoms with Crippen LogP contribution in [0.15, 0.2) is 0 Å². The first kappa shape index (κ1) is 8.92. The van der Waals surface area contributed by atoms with Crippen LogP contribution >= 0.6 is 0 Å². The first-order valence-corrected chi connectivity index (χ1v) is 3.57. The highest BCUT2D eigenvalue weighted by atomic mass is 16.6. The summed E-state index contributed by atoms with van der Waals surface area (Å²) in [5.74, 6) is 0. The molecular formula is C7H15O2. The van der Waals surface area contributed by atoms with Crippen LogP contribution in [0.3, 0.4) is 0 Å². The van der Waals surface area contributed by atoms with Gasteiger partial charge in [0.15, 0.2) is 6.79 Å². The van der Waals surface area contributed by atoms with Crippen molar-refractivity contribution in [2.24, 2.45) is 0 Å². The maximum Gasteiger partial charge on any atom is 0.180 e. The first-order chi connectivity index (χ1) is 4.41. The molecule has 0 saturated carbocycles. The van der Waals surface area contributed by atoms with E-state index in [0.29, 0.717) is 6.61 Å². The number of rotatable bonds is 6. The summed E-state index contributed by atoms with van der Waals surface area (Å²) in [4.78, 5) is 0. The molecule has 0 rings (SSSR count). The highest BCUT2D eigenvalue weighted by molar-refractivity contribution is 4.37. The number of ether oxygens (including phenoxy) is 1. The van der Waals surface area contributed by atoms with Crippen LogP contribution in [-0.4, -0.2) is 13.4 Å². The van der Waals surface area contributed by atoms with E-state index in [-0.39, 0.29) is 6.79 Å². The monoisotopic (exact) mass is 131 g/mol. The van der Waals surface area contributed by atoms with Gasteiger partial charge in [-0.05, 0) is 6.42 Å². The average Bonchev–Trinajstić information content (AvgIpc) is 1.89. The number of hydrogen-bond acceptors (Lipinski definition) is 1. The molecule has 0 bridgehead atoms. The predicted octanol–water partition coefficient (Wildman–Crippen LogP) is 1.97. The van der Waals surface area contributed by atoms with Crippen LogP contribution in [0.25, 0.3) is 0 Å². The van der Waals surface area contributed by atoms with Gasteiger partial charge in [-0.3, -0.25) is 0 Å². The molecule has 0 saturated heterocycles. The van der Waals surface area contributed by atoms with Gasteiger partial charge < -0.3 is 4.74 Å². The van der Waals surface area contributed by atoms with Crippen molar-refractivity contribution in [2.45, 2.75) is 32.6 Å². The summed E-state index contributed by atoms with van der Waals surface area (Å²) in [6, 6.07) is 0. The lowest BCUT2D eigenvalue weighted by Crippen LogP contribution is -1.93. The normalized spacial score (nSPS) is 10.0. The molecule has 0 heterocycles. The van der Waals surface area contributed by atoms with Crippen molar-refractivity contribution in [1.82, 2.24) is 0 Å². The van der Waals surface area contributed by atoms with Crippen molar-refractivity contribution in [3.05, 3.63) is 0 Å². The summed E-state index contributed by atoms with van der Waals surface area (Å²) in [6.45, 7) is 2.42. The maximum absolute atomic E-state index is 9.74. The summed E-state index contributed by atoms with van der Waals surface area (Å²) >= 11 is 0. The van der Waals surface area contributed by atoms with Gasteiger partial charge in [-0.25, -0.2) is 5.11 Å². The largest absolute Gasteiger partial charge is 0.352 e. The van der Waals surface area contributed by atoms with E-state index in [0.717, 1.165) is 6.42 Å². The molecule has 55 valence electrons. The quantitative estimate of drug-likeness (QED) is 0.400. The zero-order valence-corrected chi connectivity index (χ0v) is 6.06. The molecule has 0 spiro atoms. The molecular weight excluding hydrogens is 116 g/mol. The molecule has 0 fully saturated rings. The smallest absolute Gasteiger partial charge is 0.180 e. The Bertz CT molecular complexity index is 40.2. The van der Waals surface area contributed by atoms with Crippen LogP contribution in [0, 0.1) is 0 Å². The van der Waals surface area contributed by atoms with Gasteiger partial charge in [-0.2, -0.15) is 0 Å². The van der Waals surface area contributed by atoms with Crippen molar-refractivity contribution in [2.75, 3.05) is 13.4 Å². The fourth-order valence-corrected chi connectivity index (χ4v) is 0.690. The Kier molecular flexibility index (Phi) is 7.85. The molecule has 2 nitrogen and oxygen atoms in total.